The van der Waals surface area contributed by atoms with Crippen LogP contribution in [0.2, 0.25) is 0 Å². The monoisotopic (exact) mass is 207 g/mol. The zero-order valence-corrected chi connectivity index (χ0v) is 8.13. The van der Waals surface area contributed by atoms with Crippen molar-refractivity contribution in [3.63, 3.8) is 0 Å². The number of aliphatic hydroxyl groups excluding tert-OH is 2. The normalized spacial score (nSPS) is 15.4. The van der Waals surface area contributed by atoms with Gasteiger partial charge >= 0.3 is 0 Å². The Balaban J connectivity index is 2.35. The van der Waals surface area contributed by atoms with Crippen molar-refractivity contribution in [3.8, 4) is 0 Å². The van der Waals surface area contributed by atoms with Crippen LogP contribution in [0.1, 0.15) is 11.7 Å². The van der Waals surface area contributed by atoms with Gasteiger partial charge in [0, 0.05) is 11.9 Å². The minimum Gasteiger partial charge on any atom is -0.464 e. The lowest BCUT2D eigenvalue weighted by molar-refractivity contribution is 0.0244. The van der Waals surface area contributed by atoms with E-state index in [2.05, 4.69) is 0 Å². The molecule has 0 aliphatic carbocycles. The lowest BCUT2D eigenvalue weighted by Gasteiger charge is -2.16. The number of benzene rings is 1. The molecule has 0 aliphatic heterocycles. The summed E-state index contributed by atoms with van der Waals surface area (Å²) in [6, 6.07) is 7.06. The highest BCUT2D eigenvalue weighted by Crippen LogP contribution is 2.22. The average Bonchev–Trinajstić information content (AvgIpc) is 2.73. The van der Waals surface area contributed by atoms with Gasteiger partial charge < -0.3 is 20.4 Å². The first kappa shape index (κ1) is 10.2. The Bertz CT molecular complexity index is 452. The van der Waals surface area contributed by atoms with Crippen LogP contribution in [0.3, 0.4) is 0 Å². The number of nitrogens with two attached hydrogens (primary N) is 1. The number of aliphatic hydroxyl groups is 2. The number of hydrogen-bond acceptors (Lipinski definition) is 4. The van der Waals surface area contributed by atoms with Crippen LogP contribution in [0.4, 0.5) is 0 Å². The summed E-state index contributed by atoms with van der Waals surface area (Å²) in [6.07, 6.45) is -0.302. The van der Waals surface area contributed by atoms with E-state index in [4.69, 9.17) is 10.2 Å². The van der Waals surface area contributed by atoms with E-state index in [1.165, 1.54) is 0 Å². The van der Waals surface area contributed by atoms with Gasteiger partial charge in [0.1, 0.15) is 11.7 Å². The molecule has 2 aromatic rings. The standard InChI is InChI=1S/C11H13NO3/c12-6-9(13)11(14)8-1-2-10-7(5-8)3-4-15-10/h1-5,9,11,13-14H,6,12H2. The highest BCUT2D eigenvalue weighted by Gasteiger charge is 2.17. The molecule has 4 N–H and O–H groups in total. The van der Waals surface area contributed by atoms with E-state index in [1.807, 2.05) is 0 Å². The first-order chi connectivity index (χ1) is 7.22. The third-order valence-corrected chi connectivity index (χ3v) is 2.42. The van der Waals surface area contributed by atoms with E-state index in [-0.39, 0.29) is 6.54 Å². The fourth-order valence-electron chi connectivity index (χ4n) is 1.52. The van der Waals surface area contributed by atoms with Crippen molar-refractivity contribution >= 4 is 11.0 Å². The molecule has 2 rings (SSSR count). The highest BCUT2D eigenvalue weighted by atomic mass is 16.3. The molecular formula is C11H13NO3. The third-order valence-electron chi connectivity index (χ3n) is 2.42. The summed E-state index contributed by atoms with van der Waals surface area (Å²) in [5.41, 5.74) is 6.67. The van der Waals surface area contributed by atoms with Crippen LogP contribution in [0.25, 0.3) is 11.0 Å². The second-order valence-electron chi connectivity index (χ2n) is 3.47. The van der Waals surface area contributed by atoms with E-state index in [1.54, 1.807) is 30.5 Å². The summed E-state index contributed by atoms with van der Waals surface area (Å²) in [6.45, 7) is 0.0323. The van der Waals surface area contributed by atoms with Crippen LogP contribution in [-0.4, -0.2) is 22.9 Å². The molecule has 2 atom stereocenters. The van der Waals surface area contributed by atoms with Gasteiger partial charge in [-0.1, -0.05) is 6.07 Å². The molecule has 1 aromatic heterocycles. The Hall–Kier alpha value is -1.36. The van der Waals surface area contributed by atoms with E-state index < -0.39 is 12.2 Å². The first-order valence-corrected chi connectivity index (χ1v) is 4.75. The summed E-state index contributed by atoms with van der Waals surface area (Å²) in [4.78, 5) is 0. The predicted octanol–water partition coefficient (Wildman–Crippen LogP) is 0.786. The van der Waals surface area contributed by atoms with Gasteiger partial charge in [-0.05, 0) is 23.8 Å². The average molecular weight is 207 g/mol. The van der Waals surface area contributed by atoms with Crippen molar-refractivity contribution in [1.29, 1.82) is 0 Å². The van der Waals surface area contributed by atoms with Crippen molar-refractivity contribution in [2.24, 2.45) is 5.73 Å². The molecule has 1 aromatic carbocycles. The number of furan rings is 1. The van der Waals surface area contributed by atoms with Crippen molar-refractivity contribution in [2.75, 3.05) is 6.54 Å². The molecule has 2 unspecified atom stereocenters. The Morgan fingerprint density at radius 1 is 1.27 bits per heavy atom. The maximum absolute atomic E-state index is 9.73. The van der Waals surface area contributed by atoms with Crippen LogP contribution in [-0.2, 0) is 0 Å². The zero-order valence-electron chi connectivity index (χ0n) is 8.13. The second-order valence-corrected chi connectivity index (χ2v) is 3.47. The molecule has 0 radical (unpaired) electrons. The quantitative estimate of drug-likeness (QED) is 0.695. The molecule has 15 heavy (non-hydrogen) atoms. The van der Waals surface area contributed by atoms with Gasteiger partial charge in [0.25, 0.3) is 0 Å². The summed E-state index contributed by atoms with van der Waals surface area (Å²) < 4.78 is 5.17. The molecular weight excluding hydrogens is 194 g/mol. The lowest BCUT2D eigenvalue weighted by Crippen LogP contribution is -2.27. The first-order valence-electron chi connectivity index (χ1n) is 4.75. The summed E-state index contributed by atoms with van der Waals surface area (Å²) in [5.74, 6) is 0. The SMILES string of the molecule is NCC(O)C(O)c1ccc2occc2c1. The number of rotatable bonds is 3. The Labute approximate surface area is 86.9 Å². The fraction of sp³-hybridized carbons (Fsp3) is 0.273. The maximum Gasteiger partial charge on any atom is 0.133 e. The molecule has 0 saturated heterocycles. The van der Waals surface area contributed by atoms with Crippen molar-refractivity contribution in [2.45, 2.75) is 12.2 Å². The Morgan fingerprint density at radius 2 is 2.07 bits per heavy atom. The molecule has 0 fully saturated rings. The van der Waals surface area contributed by atoms with Gasteiger partial charge in [-0.3, -0.25) is 0 Å². The number of hydrogen-bond donors (Lipinski definition) is 3. The van der Waals surface area contributed by atoms with Crippen LogP contribution < -0.4 is 5.73 Å². The van der Waals surface area contributed by atoms with Gasteiger partial charge in [-0.15, -0.1) is 0 Å². The number of fused-ring (bicyclic) bond motifs is 1. The van der Waals surface area contributed by atoms with Crippen molar-refractivity contribution in [1.82, 2.24) is 0 Å². The lowest BCUT2D eigenvalue weighted by atomic mass is 10.0. The van der Waals surface area contributed by atoms with Gasteiger partial charge in [-0.2, -0.15) is 0 Å². The molecule has 0 saturated carbocycles. The minimum absolute atomic E-state index is 0.0323. The summed E-state index contributed by atoms with van der Waals surface area (Å²) >= 11 is 0. The van der Waals surface area contributed by atoms with Crippen molar-refractivity contribution < 1.29 is 14.6 Å². The molecule has 0 bridgehead atoms. The van der Waals surface area contributed by atoms with E-state index in [9.17, 15) is 10.2 Å². The smallest absolute Gasteiger partial charge is 0.133 e. The molecule has 1 heterocycles. The molecule has 4 heteroatoms. The highest BCUT2D eigenvalue weighted by molar-refractivity contribution is 5.77. The minimum atomic E-state index is -0.950. The molecule has 0 aliphatic rings. The van der Waals surface area contributed by atoms with Gasteiger partial charge in [0.15, 0.2) is 0 Å². The summed E-state index contributed by atoms with van der Waals surface area (Å²) in [7, 11) is 0. The van der Waals surface area contributed by atoms with Gasteiger partial charge in [0.05, 0.1) is 12.4 Å². The van der Waals surface area contributed by atoms with Crippen LogP contribution in [0.5, 0.6) is 0 Å². The van der Waals surface area contributed by atoms with Crippen LogP contribution in [0.15, 0.2) is 34.9 Å². The summed E-state index contributed by atoms with van der Waals surface area (Å²) in [5, 5.41) is 20.0. The Kier molecular flexibility index (Phi) is 2.73. The zero-order chi connectivity index (χ0) is 10.8. The Morgan fingerprint density at radius 3 is 2.80 bits per heavy atom. The molecule has 0 spiro atoms. The van der Waals surface area contributed by atoms with Crippen LogP contribution in [0, 0.1) is 0 Å². The fourth-order valence-corrected chi connectivity index (χ4v) is 1.52. The van der Waals surface area contributed by atoms with E-state index in [0.29, 0.717) is 5.56 Å². The van der Waals surface area contributed by atoms with Crippen LogP contribution >= 0.6 is 0 Å². The van der Waals surface area contributed by atoms with E-state index in [0.717, 1.165) is 11.0 Å². The third kappa shape index (κ3) is 1.87. The molecule has 80 valence electrons. The van der Waals surface area contributed by atoms with Gasteiger partial charge in [-0.25, -0.2) is 0 Å². The van der Waals surface area contributed by atoms with Gasteiger partial charge in [0.2, 0.25) is 0 Å². The molecule has 0 amide bonds. The molecule has 4 nitrogen and oxygen atoms in total. The van der Waals surface area contributed by atoms with E-state index >= 15 is 0 Å². The topological polar surface area (TPSA) is 79.6 Å². The predicted molar refractivity (Wildman–Crippen MR) is 56.2 cm³/mol. The second kappa shape index (κ2) is 4.02. The van der Waals surface area contributed by atoms with Crippen molar-refractivity contribution in [3.05, 3.63) is 36.1 Å². The largest absolute Gasteiger partial charge is 0.464 e. The maximum atomic E-state index is 9.73.